The Balaban J connectivity index is 2.44. The summed E-state index contributed by atoms with van der Waals surface area (Å²) in [5.41, 5.74) is 0.643. The highest BCUT2D eigenvalue weighted by Gasteiger charge is 2.13. The minimum absolute atomic E-state index is 0.130. The molecule has 0 saturated heterocycles. The number of carboxylic acids is 1. The predicted octanol–water partition coefficient (Wildman–Crippen LogP) is 4.06. The van der Waals surface area contributed by atoms with E-state index in [2.05, 4.69) is 6.07 Å². The summed E-state index contributed by atoms with van der Waals surface area (Å²) in [7, 11) is 0. The van der Waals surface area contributed by atoms with E-state index in [1.807, 2.05) is 0 Å². The number of hydrogen-bond acceptors (Lipinski definition) is 3. The minimum Gasteiger partial charge on any atom is -0.478 e. The molecule has 0 heterocycles. The zero-order valence-electron chi connectivity index (χ0n) is 9.63. The molecule has 3 nitrogen and oxygen atoms in total. The molecule has 0 amide bonds. The maximum atomic E-state index is 11.2. The van der Waals surface area contributed by atoms with Crippen LogP contribution < -0.4 is 0 Å². The number of nitriles is 1. The van der Waals surface area contributed by atoms with Crippen LogP contribution in [0.3, 0.4) is 0 Å². The fraction of sp³-hybridized carbons (Fsp3) is 0. The Morgan fingerprint density at radius 2 is 1.95 bits per heavy atom. The van der Waals surface area contributed by atoms with E-state index in [0.717, 1.165) is 4.90 Å². The van der Waals surface area contributed by atoms with Gasteiger partial charge in [0.1, 0.15) is 6.07 Å². The lowest BCUT2D eigenvalue weighted by Crippen LogP contribution is -1.98. The first-order valence-corrected chi connectivity index (χ1v) is 6.51. The van der Waals surface area contributed by atoms with Crippen molar-refractivity contribution in [1.29, 1.82) is 5.26 Å². The molecule has 94 valence electrons. The Labute approximate surface area is 119 Å². The first-order chi connectivity index (χ1) is 9.11. The van der Waals surface area contributed by atoms with Crippen LogP contribution in [-0.2, 0) is 0 Å². The molecule has 0 bridgehead atoms. The predicted molar refractivity (Wildman–Crippen MR) is 73.7 cm³/mol. The zero-order chi connectivity index (χ0) is 13.8. The van der Waals surface area contributed by atoms with Crippen molar-refractivity contribution in [2.24, 2.45) is 0 Å². The lowest BCUT2D eigenvalue weighted by Gasteiger charge is -2.07. The summed E-state index contributed by atoms with van der Waals surface area (Å²) in [4.78, 5) is 12.5. The molecule has 19 heavy (non-hydrogen) atoms. The highest BCUT2D eigenvalue weighted by molar-refractivity contribution is 7.99. The fourth-order valence-electron chi connectivity index (χ4n) is 1.52. The van der Waals surface area contributed by atoms with E-state index in [1.54, 1.807) is 36.4 Å². The minimum atomic E-state index is -1.04. The van der Waals surface area contributed by atoms with E-state index in [4.69, 9.17) is 22.0 Å². The second-order valence-corrected chi connectivity index (χ2v) is 5.18. The van der Waals surface area contributed by atoms with Crippen LogP contribution in [0.5, 0.6) is 0 Å². The van der Waals surface area contributed by atoms with Crippen LogP contribution in [0.1, 0.15) is 15.9 Å². The molecule has 0 aromatic heterocycles. The van der Waals surface area contributed by atoms with Crippen LogP contribution in [0.2, 0.25) is 5.02 Å². The molecule has 0 atom stereocenters. The summed E-state index contributed by atoms with van der Waals surface area (Å²) in [5, 5.41) is 18.5. The number of hydrogen-bond donors (Lipinski definition) is 1. The molecule has 5 heteroatoms. The van der Waals surface area contributed by atoms with Crippen molar-refractivity contribution in [3.8, 4) is 6.07 Å². The maximum Gasteiger partial charge on any atom is 0.336 e. The molecule has 0 spiro atoms. The zero-order valence-corrected chi connectivity index (χ0v) is 11.2. The van der Waals surface area contributed by atoms with E-state index in [0.29, 0.717) is 15.5 Å². The number of carboxylic acid groups (broad SMARTS) is 1. The van der Waals surface area contributed by atoms with Gasteiger partial charge < -0.3 is 5.11 Å². The molecule has 0 fully saturated rings. The van der Waals surface area contributed by atoms with Gasteiger partial charge in [-0.15, -0.1) is 0 Å². The van der Waals surface area contributed by atoms with Crippen molar-refractivity contribution < 1.29 is 9.90 Å². The van der Waals surface area contributed by atoms with Crippen LogP contribution in [0, 0.1) is 11.3 Å². The molecule has 0 aliphatic carbocycles. The lowest BCUT2D eigenvalue weighted by atomic mass is 10.2. The number of nitrogens with zero attached hydrogens (tertiary/aromatic N) is 1. The Morgan fingerprint density at radius 3 is 2.63 bits per heavy atom. The van der Waals surface area contributed by atoms with Crippen molar-refractivity contribution in [1.82, 2.24) is 0 Å². The van der Waals surface area contributed by atoms with Crippen molar-refractivity contribution in [3.63, 3.8) is 0 Å². The Kier molecular flexibility index (Phi) is 4.10. The van der Waals surface area contributed by atoms with Crippen LogP contribution >= 0.6 is 23.4 Å². The molecule has 2 rings (SSSR count). The third-order valence-electron chi connectivity index (χ3n) is 2.40. The Morgan fingerprint density at radius 1 is 1.21 bits per heavy atom. The number of benzene rings is 2. The van der Waals surface area contributed by atoms with Crippen molar-refractivity contribution in [2.75, 3.05) is 0 Å². The maximum absolute atomic E-state index is 11.2. The molecular formula is C14H8ClNO2S. The van der Waals surface area contributed by atoms with Crippen LogP contribution in [0.25, 0.3) is 0 Å². The topological polar surface area (TPSA) is 61.1 Å². The summed E-state index contributed by atoms with van der Waals surface area (Å²) in [6.07, 6.45) is 0. The summed E-state index contributed by atoms with van der Waals surface area (Å²) in [5.74, 6) is -1.04. The van der Waals surface area contributed by atoms with Gasteiger partial charge >= 0.3 is 5.97 Å². The fourth-order valence-corrected chi connectivity index (χ4v) is 2.70. The van der Waals surface area contributed by atoms with Gasteiger partial charge in [-0.3, -0.25) is 0 Å². The van der Waals surface area contributed by atoms with Gasteiger partial charge in [0, 0.05) is 14.8 Å². The highest BCUT2D eigenvalue weighted by atomic mass is 35.5. The monoisotopic (exact) mass is 289 g/mol. The summed E-state index contributed by atoms with van der Waals surface area (Å²) in [6.45, 7) is 0. The van der Waals surface area contributed by atoms with E-state index < -0.39 is 5.97 Å². The van der Waals surface area contributed by atoms with Gasteiger partial charge in [-0.1, -0.05) is 35.5 Å². The van der Waals surface area contributed by atoms with Gasteiger partial charge in [0.15, 0.2) is 0 Å². The quantitative estimate of drug-likeness (QED) is 0.925. The van der Waals surface area contributed by atoms with E-state index in [1.165, 1.54) is 17.8 Å². The van der Waals surface area contributed by atoms with Gasteiger partial charge in [0.05, 0.1) is 11.1 Å². The van der Waals surface area contributed by atoms with Crippen molar-refractivity contribution >= 4 is 29.3 Å². The van der Waals surface area contributed by atoms with Gasteiger partial charge in [-0.25, -0.2) is 4.79 Å². The molecule has 2 aromatic rings. The number of halogens is 1. The number of aromatic carboxylic acids is 1. The second kappa shape index (κ2) is 5.79. The van der Waals surface area contributed by atoms with Gasteiger partial charge in [0.25, 0.3) is 0 Å². The molecule has 2 aromatic carbocycles. The SMILES string of the molecule is N#Cc1ccccc1Sc1ccc(Cl)cc1C(=O)O. The van der Waals surface area contributed by atoms with Crippen LogP contribution in [0.4, 0.5) is 0 Å². The molecule has 0 saturated carbocycles. The van der Waals surface area contributed by atoms with E-state index in [9.17, 15) is 4.79 Å². The van der Waals surface area contributed by atoms with Crippen LogP contribution in [0.15, 0.2) is 52.3 Å². The van der Waals surface area contributed by atoms with Crippen molar-refractivity contribution in [3.05, 3.63) is 58.6 Å². The van der Waals surface area contributed by atoms with Crippen molar-refractivity contribution in [2.45, 2.75) is 9.79 Å². The first-order valence-electron chi connectivity index (χ1n) is 5.31. The molecule has 1 N–H and O–H groups in total. The smallest absolute Gasteiger partial charge is 0.336 e. The average molecular weight is 290 g/mol. The first kappa shape index (κ1) is 13.5. The molecular weight excluding hydrogens is 282 g/mol. The standard InChI is InChI=1S/C14H8ClNO2S/c15-10-5-6-13(11(7-10)14(17)18)19-12-4-2-1-3-9(12)8-16/h1-7H,(H,17,18). The largest absolute Gasteiger partial charge is 0.478 e. The Bertz CT molecular complexity index is 679. The molecule has 0 aliphatic rings. The van der Waals surface area contributed by atoms with Gasteiger partial charge in [-0.2, -0.15) is 5.26 Å². The Hall–Kier alpha value is -1.96. The molecule has 0 aliphatic heterocycles. The summed E-state index contributed by atoms with van der Waals surface area (Å²) in [6, 6.07) is 13.8. The third kappa shape index (κ3) is 3.08. The highest BCUT2D eigenvalue weighted by Crippen LogP contribution is 2.33. The third-order valence-corrected chi connectivity index (χ3v) is 3.79. The normalized spacial score (nSPS) is 9.89. The van der Waals surface area contributed by atoms with Crippen LogP contribution in [-0.4, -0.2) is 11.1 Å². The van der Waals surface area contributed by atoms with Gasteiger partial charge in [0.2, 0.25) is 0 Å². The summed E-state index contributed by atoms with van der Waals surface area (Å²) >= 11 is 7.04. The van der Waals surface area contributed by atoms with Gasteiger partial charge in [-0.05, 0) is 30.3 Å². The lowest BCUT2D eigenvalue weighted by molar-refractivity contribution is 0.0693. The number of carbonyl (C=O) groups is 1. The van der Waals surface area contributed by atoms with E-state index in [-0.39, 0.29) is 5.56 Å². The summed E-state index contributed by atoms with van der Waals surface area (Å²) < 4.78 is 0. The molecule has 0 radical (unpaired) electrons. The average Bonchev–Trinajstić information content (AvgIpc) is 2.41. The molecule has 0 unspecified atom stereocenters. The van der Waals surface area contributed by atoms with E-state index >= 15 is 0 Å². The second-order valence-electron chi connectivity index (χ2n) is 3.66. The number of rotatable bonds is 3.